The SMILES string of the molecule is Cc1ccccc1NC(=O)CSc1nnc(C(C)NC(=O)c2ccccc2F)n1C. The lowest BCUT2D eigenvalue weighted by molar-refractivity contribution is -0.113. The van der Waals surface area contributed by atoms with Crippen LogP contribution in [-0.2, 0) is 11.8 Å². The molecule has 0 saturated heterocycles. The van der Waals surface area contributed by atoms with Crippen LogP contribution in [0.3, 0.4) is 0 Å². The first-order chi connectivity index (χ1) is 14.4. The maximum atomic E-state index is 13.8. The van der Waals surface area contributed by atoms with Crippen LogP contribution < -0.4 is 10.6 Å². The summed E-state index contributed by atoms with van der Waals surface area (Å²) in [6.45, 7) is 3.66. The fourth-order valence-corrected chi connectivity index (χ4v) is 3.56. The molecule has 1 heterocycles. The Morgan fingerprint density at radius 1 is 1.13 bits per heavy atom. The number of nitrogens with one attached hydrogen (secondary N) is 2. The van der Waals surface area contributed by atoms with E-state index in [1.807, 2.05) is 31.2 Å². The summed E-state index contributed by atoms with van der Waals surface area (Å²) in [7, 11) is 1.75. The number of aromatic nitrogens is 3. The third-order valence-corrected chi connectivity index (χ3v) is 5.49. The number of anilines is 1. The maximum absolute atomic E-state index is 13.8. The lowest BCUT2D eigenvalue weighted by Crippen LogP contribution is -2.29. The molecule has 0 radical (unpaired) electrons. The third kappa shape index (κ3) is 5.04. The van der Waals surface area contributed by atoms with Gasteiger partial charge in [0.05, 0.1) is 17.4 Å². The van der Waals surface area contributed by atoms with Gasteiger partial charge in [-0.05, 0) is 37.6 Å². The van der Waals surface area contributed by atoms with E-state index >= 15 is 0 Å². The zero-order valence-corrected chi connectivity index (χ0v) is 17.7. The van der Waals surface area contributed by atoms with Crippen molar-refractivity contribution < 1.29 is 14.0 Å². The lowest BCUT2D eigenvalue weighted by atomic mass is 10.2. The molecule has 156 valence electrons. The Kier molecular flexibility index (Phi) is 6.83. The van der Waals surface area contributed by atoms with E-state index in [-0.39, 0.29) is 17.2 Å². The van der Waals surface area contributed by atoms with Crippen LogP contribution in [0.15, 0.2) is 53.7 Å². The van der Waals surface area contributed by atoms with E-state index in [1.54, 1.807) is 24.6 Å². The molecule has 2 amide bonds. The van der Waals surface area contributed by atoms with E-state index in [9.17, 15) is 14.0 Å². The van der Waals surface area contributed by atoms with Crippen molar-refractivity contribution in [3.05, 3.63) is 71.3 Å². The molecule has 30 heavy (non-hydrogen) atoms. The largest absolute Gasteiger partial charge is 0.342 e. The smallest absolute Gasteiger partial charge is 0.254 e. The fourth-order valence-electron chi connectivity index (χ4n) is 2.84. The van der Waals surface area contributed by atoms with E-state index in [4.69, 9.17) is 0 Å². The number of rotatable bonds is 7. The normalized spacial score (nSPS) is 11.7. The Balaban J connectivity index is 1.60. The highest BCUT2D eigenvalue weighted by Crippen LogP contribution is 2.20. The molecule has 1 aromatic heterocycles. The van der Waals surface area contributed by atoms with Crippen molar-refractivity contribution >= 4 is 29.3 Å². The molecule has 0 aliphatic heterocycles. The molecule has 2 aromatic carbocycles. The second-order valence-electron chi connectivity index (χ2n) is 6.73. The van der Waals surface area contributed by atoms with Crippen LogP contribution in [0.2, 0.25) is 0 Å². The van der Waals surface area contributed by atoms with Crippen LogP contribution in [0.25, 0.3) is 0 Å². The van der Waals surface area contributed by atoms with Crippen molar-refractivity contribution in [1.29, 1.82) is 0 Å². The molecule has 1 atom stereocenters. The fraction of sp³-hybridized carbons (Fsp3) is 0.238. The van der Waals surface area contributed by atoms with Crippen molar-refractivity contribution in [3.63, 3.8) is 0 Å². The average Bonchev–Trinajstić information content (AvgIpc) is 3.09. The predicted octanol–water partition coefficient (Wildman–Crippen LogP) is 3.48. The number of benzene rings is 2. The van der Waals surface area contributed by atoms with Gasteiger partial charge in [-0.25, -0.2) is 4.39 Å². The highest BCUT2D eigenvalue weighted by molar-refractivity contribution is 7.99. The van der Waals surface area contributed by atoms with E-state index in [0.717, 1.165) is 11.3 Å². The third-order valence-electron chi connectivity index (χ3n) is 4.47. The number of hydrogen-bond donors (Lipinski definition) is 2. The minimum absolute atomic E-state index is 0.0333. The highest BCUT2D eigenvalue weighted by atomic mass is 32.2. The van der Waals surface area contributed by atoms with Crippen LogP contribution in [0.4, 0.5) is 10.1 Å². The number of aryl methyl sites for hydroxylation is 1. The molecule has 0 bridgehead atoms. The average molecular weight is 428 g/mol. The number of halogens is 1. The zero-order valence-electron chi connectivity index (χ0n) is 16.8. The van der Waals surface area contributed by atoms with Gasteiger partial charge in [0, 0.05) is 12.7 Å². The van der Waals surface area contributed by atoms with Gasteiger partial charge in [-0.15, -0.1) is 10.2 Å². The summed E-state index contributed by atoms with van der Waals surface area (Å²) < 4.78 is 15.5. The Labute approximate surface area is 178 Å². The number of nitrogens with zero attached hydrogens (tertiary/aromatic N) is 3. The molecule has 3 aromatic rings. The molecular formula is C21H22FN5O2S. The van der Waals surface area contributed by atoms with Gasteiger partial charge in [-0.1, -0.05) is 42.1 Å². The van der Waals surface area contributed by atoms with Crippen molar-refractivity contribution in [3.8, 4) is 0 Å². The number of carbonyl (C=O) groups is 2. The second-order valence-corrected chi connectivity index (χ2v) is 7.67. The summed E-state index contributed by atoms with van der Waals surface area (Å²) in [6.07, 6.45) is 0. The summed E-state index contributed by atoms with van der Waals surface area (Å²) >= 11 is 1.24. The molecule has 0 saturated carbocycles. The van der Waals surface area contributed by atoms with Gasteiger partial charge < -0.3 is 15.2 Å². The van der Waals surface area contributed by atoms with E-state index < -0.39 is 17.8 Å². The molecule has 0 aliphatic rings. The summed E-state index contributed by atoms with van der Waals surface area (Å²) in [5.74, 6) is -0.608. The Bertz CT molecular complexity index is 1070. The topological polar surface area (TPSA) is 88.9 Å². The number of hydrogen-bond acceptors (Lipinski definition) is 5. The summed E-state index contributed by atoms with van der Waals surface area (Å²) in [5, 5.41) is 14.3. The molecule has 0 aliphatic carbocycles. The molecule has 0 spiro atoms. The molecule has 2 N–H and O–H groups in total. The maximum Gasteiger partial charge on any atom is 0.254 e. The Morgan fingerprint density at radius 2 is 1.83 bits per heavy atom. The van der Waals surface area contributed by atoms with Crippen molar-refractivity contribution in [1.82, 2.24) is 20.1 Å². The molecule has 7 nitrogen and oxygen atoms in total. The van der Waals surface area contributed by atoms with Crippen LogP contribution in [0.5, 0.6) is 0 Å². The molecule has 0 fully saturated rings. The molecule has 9 heteroatoms. The van der Waals surface area contributed by atoms with E-state index in [1.165, 1.54) is 30.0 Å². The first kappa shape index (κ1) is 21.5. The molecule has 1 unspecified atom stereocenters. The minimum atomic E-state index is -0.587. The first-order valence-corrected chi connectivity index (χ1v) is 10.3. The van der Waals surface area contributed by atoms with Gasteiger partial charge in [-0.3, -0.25) is 9.59 Å². The quantitative estimate of drug-likeness (QED) is 0.564. The Morgan fingerprint density at radius 3 is 2.57 bits per heavy atom. The Hall–Kier alpha value is -3.20. The number of amides is 2. The van der Waals surface area contributed by atoms with Crippen LogP contribution in [-0.4, -0.2) is 32.3 Å². The van der Waals surface area contributed by atoms with E-state index in [2.05, 4.69) is 20.8 Å². The lowest BCUT2D eigenvalue weighted by Gasteiger charge is -2.14. The standard InChI is InChI=1S/C21H22FN5O2S/c1-13-8-4-7-11-17(13)24-18(28)12-30-21-26-25-19(27(21)3)14(2)23-20(29)15-9-5-6-10-16(15)22/h4-11,14H,12H2,1-3H3,(H,23,29)(H,24,28). The van der Waals surface area contributed by atoms with Crippen molar-refractivity contribution in [2.24, 2.45) is 7.05 Å². The van der Waals surface area contributed by atoms with Gasteiger partial charge in [0.1, 0.15) is 5.82 Å². The second kappa shape index (κ2) is 9.53. The number of carbonyl (C=O) groups excluding carboxylic acids is 2. The van der Waals surface area contributed by atoms with Crippen LogP contribution >= 0.6 is 11.8 Å². The first-order valence-electron chi connectivity index (χ1n) is 9.29. The highest BCUT2D eigenvalue weighted by Gasteiger charge is 2.20. The molecular weight excluding hydrogens is 405 g/mol. The summed E-state index contributed by atoms with van der Waals surface area (Å²) in [6, 6.07) is 12.8. The van der Waals surface area contributed by atoms with Crippen LogP contribution in [0, 0.1) is 12.7 Å². The monoisotopic (exact) mass is 427 g/mol. The van der Waals surface area contributed by atoms with Crippen molar-refractivity contribution in [2.45, 2.75) is 25.0 Å². The van der Waals surface area contributed by atoms with Crippen LogP contribution in [0.1, 0.15) is 34.7 Å². The van der Waals surface area contributed by atoms with Gasteiger partial charge >= 0.3 is 0 Å². The summed E-state index contributed by atoms with van der Waals surface area (Å²) in [4.78, 5) is 24.6. The minimum Gasteiger partial charge on any atom is -0.342 e. The number of thioether (sulfide) groups is 1. The zero-order chi connectivity index (χ0) is 21.7. The van der Waals surface area contributed by atoms with Gasteiger partial charge in [0.25, 0.3) is 5.91 Å². The summed E-state index contributed by atoms with van der Waals surface area (Å²) in [5.41, 5.74) is 1.72. The van der Waals surface area contributed by atoms with Gasteiger partial charge in [0.15, 0.2) is 11.0 Å². The predicted molar refractivity (Wildman–Crippen MR) is 114 cm³/mol. The van der Waals surface area contributed by atoms with Gasteiger partial charge in [-0.2, -0.15) is 0 Å². The van der Waals surface area contributed by atoms with Gasteiger partial charge in [0.2, 0.25) is 5.91 Å². The molecule has 3 rings (SSSR count). The van der Waals surface area contributed by atoms with Crippen molar-refractivity contribution in [2.75, 3.05) is 11.1 Å². The van der Waals surface area contributed by atoms with E-state index in [0.29, 0.717) is 11.0 Å². The number of para-hydroxylation sites is 1.